The second-order valence-electron chi connectivity index (χ2n) is 4.59. The molecule has 0 amide bonds. The molecule has 0 N–H and O–H groups in total. The molecule has 2 aliphatic rings. The van der Waals surface area contributed by atoms with Gasteiger partial charge in [0.1, 0.15) is 0 Å². The number of hydrogen-bond acceptors (Lipinski definition) is 1. The van der Waals surface area contributed by atoms with Crippen LogP contribution in [0, 0.1) is 5.92 Å². The fraction of sp³-hybridized carbons (Fsp3) is 1.00. The van der Waals surface area contributed by atoms with Crippen molar-refractivity contribution in [1.29, 1.82) is 0 Å². The molecular formula is C11H21N. The van der Waals surface area contributed by atoms with Gasteiger partial charge in [0.25, 0.3) is 0 Å². The molecule has 1 heteroatoms. The Hall–Kier alpha value is -0.0400. The first-order valence-electron chi connectivity index (χ1n) is 5.58. The van der Waals surface area contributed by atoms with Crippen molar-refractivity contribution in [2.45, 2.75) is 51.0 Å². The smallest absolute Gasteiger partial charge is 0.0120 e. The second kappa shape index (κ2) is 3.78. The highest BCUT2D eigenvalue weighted by Crippen LogP contribution is 2.33. The second-order valence-corrected chi connectivity index (χ2v) is 4.59. The lowest BCUT2D eigenvalue weighted by atomic mass is 9.82. The van der Waals surface area contributed by atoms with Gasteiger partial charge >= 0.3 is 0 Å². The predicted molar refractivity (Wildman–Crippen MR) is 52.2 cm³/mol. The Bertz CT molecular complexity index is 144. The molecule has 1 aliphatic carbocycles. The molecule has 0 aromatic carbocycles. The minimum atomic E-state index is 0.946. The van der Waals surface area contributed by atoms with E-state index in [0.717, 1.165) is 12.0 Å². The third-order valence-electron chi connectivity index (χ3n) is 3.77. The van der Waals surface area contributed by atoms with E-state index < -0.39 is 0 Å². The van der Waals surface area contributed by atoms with Crippen LogP contribution in [-0.4, -0.2) is 24.5 Å². The Kier molecular flexibility index (Phi) is 2.69. The molecule has 0 aromatic heterocycles. The van der Waals surface area contributed by atoms with Gasteiger partial charge in [0.15, 0.2) is 0 Å². The van der Waals surface area contributed by atoms with Crippen LogP contribution in [0.5, 0.6) is 0 Å². The van der Waals surface area contributed by atoms with E-state index >= 15 is 0 Å². The summed E-state index contributed by atoms with van der Waals surface area (Å²) in [5.41, 5.74) is 0. The van der Waals surface area contributed by atoms with Gasteiger partial charge in [0.05, 0.1) is 0 Å². The Labute approximate surface area is 76.1 Å². The van der Waals surface area contributed by atoms with E-state index in [9.17, 15) is 0 Å². The van der Waals surface area contributed by atoms with Gasteiger partial charge < -0.3 is 4.90 Å². The van der Waals surface area contributed by atoms with Gasteiger partial charge in [-0.05, 0) is 45.2 Å². The molecule has 0 radical (unpaired) electrons. The molecular weight excluding hydrogens is 146 g/mol. The number of fused-ring (bicyclic) bond motifs is 1. The van der Waals surface area contributed by atoms with Crippen molar-refractivity contribution < 1.29 is 0 Å². The molecule has 1 aliphatic heterocycles. The first-order chi connectivity index (χ1) is 5.88. The number of hydrogen-bond donors (Lipinski definition) is 0. The molecule has 1 heterocycles. The Balaban J connectivity index is 2.01. The van der Waals surface area contributed by atoms with Crippen LogP contribution in [0.25, 0.3) is 0 Å². The van der Waals surface area contributed by atoms with Crippen molar-refractivity contribution in [3.8, 4) is 0 Å². The Morgan fingerprint density at radius 2 is 1.58 bits per heavy atom. The monoisotopic (exact) mass is 167 g/mol. The summed E-state index contributed by atoms with van der Waals surface area (Å²) in [4.78, 5) is 2.62. The first kappa shape index (κ1) is 8.55. The van der Waals surface area contributed by atoms with E-state index in [4.69, 9.17) is 0 Å². The maximum atomic E-state index is 2.62. The summed E-state index contributed by atoms with van der Waals surface area (Å²) in [6.45, 7) is 1.35. The molecule has 0 unspecified atom stereocenters. The van der Waals surface area contributed by atoms with Crippen molar-refractivity contribution in [3.05, 3.63) is 0 Å². The van der Waals surface area contributed by atoms with Gasteiger partial charge in [-0.25, -0.2) is 0 Å². The highest BCUT2D eigenvalue weighted by Gasteiger charge is 2.29. The molecule has 12 heavy (non-hydrogen) atoms. The summed E-state index contributed by atoms with van der Waals surface area (Å²) in [5, 5.41) is 0. The van der Waals surface area contributed by atoms with Gasteiger partial charge in [-0.1, -0.05) is 19.3 Å². The molecule has 0 spiro atoms. The topological polar surface area (TPSA) is 3.24 Å². The van der Waals surface area contributed by atoms with Crippen LogP contribution >= 0.6 is 0 Å². The lowest BCUT2D eigenvalue weighted by molar-refractivity contribution is 0.143. The number of nitrogens with zero attached hydrogens (tertiary/aromatic N) is 1. The zero-order chi connectivity index (χ0) is 8.39. The SMILES string of the molecule is CN1CCCC[C@H]2CCCC[C@H]21. The van der Waals surface area contributed by atoms with Crippen LogP contribution < -0.4 is 0 Å². The molecule has 0 aromatic rings. The average molecular weight is 167 g/mol. The molecule has 1 nitrogen and oxygen atoms in total. The highest BCUT2D eigenvalue weighted by molar-refractivity contribution is 4.84. The maximum Gasteiger partial charge on any atom is 0.0120 e. The largest absolute Gasteiger partial charge is 0.303 e. The summed E-state index contributed by atoms with van der Waals surface area (Å²) in [5.74, 6) is 1.05. The maximum absolute atomic E-state index is 2.62. The summed E-state index contributed by atoms with van der Waals surface area (Å²) >= 11 is 0. The molecule has 0 bridgehead atoms. The third-order valence-corrected chi connectivity index (χ3v) is 3.77. The van der Waals surface area contributed by atoms with Crippen LogP contribution in [0.3, 0.4) is 0 Å². The summed E-state index contributed by atoms with van der Waals surface area (Å²) in [6, 6.07) is 0.946. The third kappa shape index (κ3) is 1.66. The van der Waals surface area contributed by atoms with Crippen molar-refractivity contribution in [1.82, 2.24) is 4.90 Å². The summed E-state index contributed by atoms with van der Waals surface area (Å²) in [6.07, 6.45) is 10.4. The Morgan fingerprint density at radius 1 is 0.917 bits per heavy atom. The van der Waals surface area contributed by atoms with Crippen molar-refractivity contribution in [2.24, 2.45) is 5.92 Å². The quantitative estimate of drug-likeness (QED) is 0.536. The average Bonchev–Trinajstić information content (AvgIpc) is 2.29. The fourth-order valence-electron chi connectivity index (χ4n) is 3.04. The van der Waals surface area contributed by atoms with E-state index in [1.54, 1.807) is 0 Å². The normalized spacial score (nSPS) is 38.8. The van der Waals surface area contributed by atoms with E-state index in [2.05, 4.69) is 11.9 Å². The van der Waals surface area contributed by atoms with E-state index in [0.29, 0.717) is 0 Å². The van der Waals surface area contributed by atoms with Crippen molar-refractivity contribution in [3.63, 3.8) is 0 Å². The zero-order valence-electron chi connectivity index (χ0n) is 8.26. The van der Waals surface area contributed by atoms with Gasteiger partial charge in [-0.15, -0.1) is 0 Å². The van der Waals surface area contributed by atoms with Gasteiger partial charge in [0.2, 0.25) is 0 Å². The molecule has 2 fully saturated rings. The molecule has 1 saturated carbocycles. The van der Waals surface area contributed by atoms with Gasteiger partial charge in [-0.2, -0.15) is 0 Å². The van der Waals surface area contributed by atoms with Gasteiger partial charge in [-0.3, -0.25) is 0 Å². The lowest BCUT2D eigenvalue weighted by Crippen LogP contribution is -2.38. The Morgan fingerprint density at radius 3 is 2.42 bits per heavy atom. The van der Waals surface area contributed by atoms with Gasteiger partial charge in [0, 0.05) is 6.04 Å². The molecule has 70 valence electrons. The lowest BCUT2D eigenvalue weighted by Gasteiger charge is -2.35. The van der Waals surface area contributed by atoms with Crippen LogP contribution in [-0.2, 0) is 0 Å². The predicted octanol–water partition coefficient (Wildman–Crippen LogP) is 2.66. The molecule has 2 atom stereocenters. The minimum Gasteiger partial charge on any atom is -0.303 e. The summed E-state index contributed by atoms with van der Waals surface area (Å²) < 4.78 is 0. The number of likely N-dealkylation sites (tertiary alicyclic amines) is 1. The zero-order valence-corrected chi connectivity index (χ0v) is 8.26. The minimum absolute atomic E-state index is 0.946. The molecule has 2 rings (SSSR count). The van der Waals surface area contributed by atoms with Crippen LogP contribution in [0.1, 0.15) is 44.9 Å². The standard InChI is InChI=1S/C11H21N/c1-12-9-5-4-7-10-6-2-3-8-11(10)12/h10-11H,2-9H2,1H3/t10-,11-/m1/s1. The summed E-state index contributed by atoms with van der Waals surface area (Å²) in [7, 11) is 2.33. The van der Waals surface area contributed by atoms with Crippen LogP contribution in [0.2, 0.25) is 0 Å². The van der Waals surface area contributed by atoms with Crippen molar-refractivity contribution in [2.75, 3.05) is 13.6 Å². The number of rotatable bonds is 0. The van der Waals surface area contributed by atoms with Crippen LogP contribution in [0.4, 0.5) is 0 Å². The molecule has 1 saturated heterocycles. The van der Waals surface area contributed by atoms with Crippen molar-refractivity contribution >= 4 is 0 Å². The fourth-order valence-corrected chi connectivity index (χ4v) is 3.04. The van der Waals surface area contributed by atoms with E-state index in [1.807, 2.05) is 0 Å². The highest BCUT2D eigenvalue weighted by atomic mass is 15.1. The van der Waals surface area contributed by atoms with Crippen LogP contribution in [0.15, 0.2) is 0 Å². The van der Waals surface area contributed by atoms with E-state index in [-0.39, 0.29) is 0 Å². The first-order valence-corrected chi connectivity index (χ1v) is 5.58. The van der Waals surface area contributed by atoms with E-state index in [1.165, 1.54) is 51.5 Å².